The van der Waals surface area contributed by atoms with Gasteiger partial charge in [0.1, 0.15) is 10.8 Å². The van der Waals surface area contributed by atoms with Crippen molar-refractivity contribution >= 4 is 17.7 Å². The van der Waals surface area contributed by atoms with E-state index >= 15 is 0 Å². The van der Waals surface area contributed by atoms with E-state index in [4.69, 9.17) is 0 Å². The predicted octanol–water partition coefficient (Wildman–Crippen LogP) is 3.51. The lowest BCUT2D eigenvalue weighted by Crippen LogP contribution is -2.26. The Labute approximate surface area is 129 Å². The van der Waals surface area contributed by atoms with Crippen molar-refractivity contribution in [3.63, 3.8) is 0 Å². The summed E-state index contributed by atoms with van der Waals surface area (Å²) in [5.74, 6) is -3.50. The minimum Gasteiger partial charge on any atom is -0.352 e. The van der Waals surface area contributed by atoms with Crippen molar-refractivity contribution in [2.45, 2.75) is 17.2 Å². The maximum Gasteiger partial charge on any atom is 0.290 e. The van der Waals surface area contributed by atoms with Gasteiger partial charge in [-0.2, -0.15) is 8.78 Å². The van der Waals surface area contributed by atoms with Crippen molar-refractivity contribution < 1.29 is 18.0 Å². The van der Waals surface area contributed by atoms with Gasteiger partial charge in [0.05, 0.1) is 5.56 Å². The van der Waals surface area contributed by atoms with Crippen LogP contribution in [0.3, 0.4) is 0 Å². The normalized spacial score (nSPS) is 10.7. The Balaban J connectivity index is 1.97. The molecule has 0 aliphatic heterocycles. The predicted molar refractivity (Wildman–Crippen MR) is 78.5 cm³/mol. The number of nitrogens with one attached hydrogen (secondary N) is 1. The summed E-state index contributed by atoms with van der Waals surface area (Å²) in [5.41, 5.74) is 0.567. The molecule has 0 unspecified atom stereocenters. The summed E-state index contributed by atoms with van der Waals surface area (Å²) in [6.45, 7) is 0.202. The highest BCUT2D eigenvalue weighted by molar-refractivity contribution is 7.99. The van der Waals surface area contributed by atoms with Crippen molar-refractivity contribution in [1.82, 2.24) is 10.3 Å². The lowest BCUT2D eigenvalue weighted by atomic mass is 10.1. The van der Waals surface area contributed by atoms with Gasteiger partial charge in [-0.1, -0.05) is 18.2 Å². The molecule has 1 amide bonds. The largest absolute Gasteiger partial charge is 0.352 e. The summed E-state index contributed by atoms with van der Waals surface area (Å²) in [6, 6.07) is 9.19. The highest BCUT2D eigenvalue weighted by Crippen LogP contribution is 2.26. The number of benzene rings is 1. The molecule has 0 atom stereocenters. The summed E-state index contributed by atoms with van der Waals surface area (Å²) >= 11 is 0.220. The second-order valence-electron chi connectivity index (χ2n) is 4.33. The summed E-state index contributed by atoms with van der Waals surface area (Å²) in [7, 11) is 0. The molecule has 2 aromatic rings. The molecular weight excluding hydrogens is 313 g/mol. The zero-order valence-electron chi connectivity index (χ0n) is 11.4. The first-order chi connectivity index (χ1) is 10.6. The number of hydrogen-bond donors (Lipinski definition) is 1. The van der Waals surface area contributed by atoms with Crippen molar-refractivity contribution in [1.29, 1.82) is 0 Å². The van der Waals surface area contributed by atoms with Crippen LogP contribution < -0.4 is 5.32 Å². The Morgan fingerprint density at radius 1 is 1.23 bits per heavy atom. The molecular formula is C15H13F3N2OS. The van der Waals surface area contributed by atoms with Gasteiger partial charge >= 0.3 is 0 Å². The zero-order chi connectivity index (χ0) is 15.9. The molecule has 1 aromatic carbocycles. The van der Waals surface area contributed by atoms with Gasteiger partial charge in [-0.05, 0) is 41.9 Å². The fourth-order valence-corrected chi connectivity index (χ4v) is 2.43. The minimum absolute atomic E-state index is 0.0270. The van der Waals surface area contributed by atoms with Gasteiger partial charge in [0.15, 0.2) is 0 Å². The van der Waals surface area contributed by atoms with Crippen LogP contribution in [0.4, 0.5) is 13.2 Å². The first-order valence-electron chi connectivity index (χ1n) is 6.49. The van der Waals surface area contributed by atoms with Gasteiger partial charge < -0.3 is 5.32 Å². The number of hydrogen-bond acceptors (Lipinski definition) is 3. The summed E-state index contributed by atoms with van der Waals surface area (Å²) in [5, 5.41) is 2.56. The Kier molecular flexibility index (Phi) is 5.83. The van der Waals surface area contributed by atoms with Crippen LogP contribution >= 0.6 is 11.8 Å². The molecule has 0 saturated carbocycles. The van der Waals surface area contributed by atoms with Crippen molar-refractivity contribution in [2.24, 2.45) is 0 Å². The van der Waals surface area contributed by atoms with Gasteiger partial charge in [-0.25, -0.2) is 9.37 Å². The van der Waals surface area contributed by atoms with Gasteiger partial charge in [-0.3, -0.25) is 4.79 Å². The van der Waals surface area contributed by atoms with Crippen LogP contribution in [0, 0.1) is 5.82 Å². The fraction of sp³-hybridized carbons (Fsp3) is 0.200. The van der Waals surface area contributed by atoms with E-state index < -0.39 is 11.7 Å². The maximum absolute atomic E-state index is 13.4. The number of carbonyl (C=O) groups is 1. The van der Waals surface area contributed by atoms with Gasteiger partial charge in [0.2, 0.25) is 0 Å². The third-order valence-electron chi connectivity index (χ3n) is 2.85. The number of rotatable bonds is 6. The average molecular weight is 326 g/mol. The van der Waals surface area contributed by atoms with E-state index in [-0.39, 0.29) is 34.7 Å². The Morgan fingerprint density at radius 3 is 2.73 bits per heavy atom. The number of alkyl halides is 2. The van der Waals surface area contributed by atoms with E-state index in [1.807, 2.05) is 0 Å². The number of thioether (sulfide) groups is 1. The molecule has 1 N–H and O–H groups in total. The van der Waals surface area contributed by atoms with Crippen LogP contribution in [-0.2, 0) is 6.42 Å². The number of aromatic nitrogens is 1. The first-order valence-corrected chi connectivity index (χ1v) is 7.37. The van der Waals surface area contributed by atoms with Crippen LogP contribution in [-0.4, -0.2) is 23.2 Å². The summed E-state index contributed by atoms with van der Waals surface area (Å²) in [4.78, 5) is 15.8. The third kappa shape index (κ3) is 4.49. The van der Waals surface area contributed by atoms with Crippen LogP contribution in [0.25, 0.3) is 0 Å². The quantitative estimate of drug-likeness (QED) is 0.826. The number of nitrogens with zero attached hydrogens (tertiary/aromatic N) is 1. The number of halogens is 3. The molecule has 1 heterocycles. The molecule has 0 saturated heterocycles. The molecule has 7 heteroatoms. The molecule has 0 aliphatic rings. The van der Waals surface area contributed by atoms with Crippen LogP contribution in [0.1, 0.15) is 15.9 Å². The second kappa shape index (κ2) is 7.84. The zero-order valence-corrected chi connectivity index (χ0v) is 12.2. The van der Waals surface area contributed by atoms with E-state index in [1.54, 1.807) is 18.2 Å². The molecule has 3 nitrogen and oxygen atoms in total. The lowest BCUT2D eigenvalue weighted by Gasteiger charge is -2.09. The standard InChI is InChI=1S/C15H13F3N2OS/c16-12-6-2-1-4-10(12)7-9-19-13(21)11-5-3-8-20-14(11)22-15(17)18/h1-6,8,15H,7,9H2,(H,19,21). The molecule has 2 rings (SSSR count). The minimum atomic E-state index is -2.65. The summed E-state index contributed by atoms with van der Waals surface area (Å²) in [6.07, 6.45) is 1.66. The van der Waals surface area contributed by atoms with E-state index in [0.717, 1.165) is 0 Å². The lowest BCUT2D eigenvalue weighted by molar-refractivity contribution is 0.0950. The Hall–Kier alpha value is -2.02. The van der Waals surface area contributed by atoms with Gasteiger partial charge in [0.25, 0.3) is 11.7 Å². The molecule has 0 aliphatic carbocycles. The molecule has 0 radical (unpaired) electrons. The maximum atomic E-state index is 13.4. The molecule has 0 fully saturated rings. The second-order valence-corrected chi connectivity index (χ2v) is 5.31. The number of pyridine rings is 1. The van der Waals surface area contributed by atoms with Gasteiger partial charge in [-0.15, -0.1) is 0 Å². The van der Waals surface area contributed by atoms with Crippen molar-refractivity contribution in [3.05, 3.63) is 59.5 Å². The smallest absolute Gasteiger partial charge is 0.290 e. The number of amides is 1. The first kappa shape index (κ1) is 16.4. The number of carbonyl (C=O) groups excluding carboxylic acids is 1. The SMILES string of the molecule is O=C(NCCc1ccccc1F)c1cccnc1SC(F)F. The fourth-order valence-electron chi connectivity index (χ4n) is 1.85. The topological polar surface area (TPSA) is 42.0 Å². The Bertz CT molecular complexity index is 652. The van der Waals surface area contributed by atoms with E-state index in [2.05, 4.69) is 10.3 Å². The third-order valence-corrected chi connectivity index (χ3v) is 3.58. The molecule has 1 aromatic heterocycles. The average Bonchev–Trinajstić information content (AvgIpc) is 2.49. The van der Waals surface area contributed by atoms with E-state index in [0.29, 0.717) is 12.0 Å². The molecule has 116 valence electrons. The van der Waals surface area contributed by atoms with E-state index in [1.165, 1.54) is 24.4 Å². The molecule has 0 spiro atoms. The highest BCUT2D eigenvalue weighted by atomic mass is 32.2. The van der Waals surface area contributed by atoms with Crippen molar-refractivity contribution in [3.8, 4) is 0 Å². The highest BCUT2D eigenvalue weighted by Gasteiger charge is 2.16. The summed E-state index contributed by atoms with van der Waals surface area (Å²) < 4.78 is 38.3. The van der Waals surface area contributed by atoms with E-state index in [9.17, 15) is 18.0 Å². The van der Waals surface area contributed by atoms with Crippen LogP contribution in [0.5, 0.6) is 0 Å². The molecule has 0 bridgehead atoms. The Morgan fingerprint density at radius 2 is 2.00 bits per heavy atom. The van der Waals surface area contributed by atoms with Crippen LogP contribution in [0.2, 0.25) is 0 Å². The molecule has 22 heavy (non-hydrogen) atoms. The monoisotopic (exact) mass is 326 g/mol. The van der Waals surface area contributed by atoms with Crippen LogP contribution in [0.15, 0.2) is 47.6 Å². The van der Waals surface area contributed by atoms with Crippen molar-refractivity contribution in [2.75, 3.05) is 6.54 Å². The van der Waals surface area contributed by atoms with Gasteiger partial charge in [0, 0.05) is 12.7 Å².